The smallest absolute Gasteiger partial charge is 0.340 e. The fourth-order valence-corrected chi connectivity index (χ4v) is 5.62. The normalized spacial score (nSPS) is 15.2. The summed E-state index contributed by atoms with van der Waals surface area (Å²) in [5.74, 6) is 0.707. The number of amides is 1. The molecule has 1 aliphatic heterocycles. The molecule has 1 atom stereocenters. The van der Waals surface area contributed by atoms with Crippen molar-refractivity contribution < 1.29 is 28.5 Å². The predicted molar refractivity (Wildman–Crippen MR) is 182 cm³/mol. The Balaban J connectivity index is 1.69. The van der Waals surface area contributed by atoms with Crippen molar-refractivity contribution in [2.75, 3.05) is 37.8 Å². The van der Waals surface area contributed by atoms with E-state index < -0.39 is 17.7 Å². The summed E-state index contributed by atoms with van der Waals surface area (Å²) in [7, 11) is 0. The molecule has 11 heteroatoms. The molecule has 0 saturated carbocycles. The molecule has 1 aliphatic rings. The fourth-order valence-electron chi connectivity index (χ4n) is 5.62. The highest BCUT2D eigenvalue weighted by Gasteiger charge is 2.38. The number of aromatic nitrogens is 3. The standard InChI is InChI=1S/C36H49N5O6/c1-9-20-45-28-15-13-12-14-26(28)22-30(42)37-24-27-23-29-38-25(4)31(32(34(43)44-11-3)47-35(5,6)7)33(41(29)39-27)40-18-16-36(8,17-19-40)46-21-10-2/h9-10,12-15,23,32H,1-2,11,16-22,24H2,3-8H3,(H,37,42). The van der Waals surface area contributed by atoms with E-state index in [1.807, 2.05) is 58.0 Å². The number of ether oxygens (including phenoxy) is 4. The van der Waals surface area contributed by atoms with Gasteiger partial charge in [-0.1, -0.05) is 36.9 Å². The van der Waals surface area contributed by atoms with E-state index in [1.165, 1.54) is 0 Å². The van der Waals surface area contributed by atoms with Gasteiger partial charge in [0.1, 0.15) is 18.2 Å². The Morgan fingerprint density at radius 2 is 1.83 bits per heavy atom. The van der Waals surface area contributed by atoms with Gasteiger partial charge in [0.15, 0.2) is 11.8 Å². The summed E-state index contributed by atoms with van der Waals surface area (Å²) in [6.07, 6.45) is 4.07. The number of hydrogen-bond acceptors (Lipinski definition) is 9. The van der Waals surface area contributed by atoms with Gasteiger partial charge in [-0.25, -0.2) is 9.78 Å². The molecule has 0 radical (unpaired) electrons. The summed E-state index contributed by atoms with van der Waals surface area (Å²) in [6, 6.07) is 9.30. The SMILES string of the molecule is C=CCOc1ccccc1CC(=O)NCc1cc2nc(C)c(C(OC(C)(C)C)C(=O)OCC)c(N3CCC(C)(OCC=C)CC3)n2n1. The molecule has 0 bridgehead atoms. The van der Waals surface area contributed by atoms with Crippen molar-refractivity contribution >= 4 is 23.3 Å². The van der Waals surface area contributed by atoms with E-state index in [4.69, 9.17) is 29.0 Å². The molecule has 1 saturated heterocycles. The van der Waals surface area contributed by atoms with Crippen molar-refractivity contribution in [1.82, 2.24) is 19.9 Å². The van der Waals surface area contributed by atoms with Gasteiger partial charge in [0.05, 0.1) is 48.6 Å². The predicted octanol–water partition coefficient (Wildman–Crippen LogP) is 5.44. The molecule has 0 spiro atoms. The average Bonchev–Trinajstić information content (AvgIpc) is 3.43. The highest BCUT2D eigenvalue weighted by Crippen LogP contribution is 2.38. The van der Waals surface area contributed by atoms with Gasteiger partial charge in [0.25, 0.3) is 0 Å². The summed E-state index contributed by atoms with van der Waals surface area (Å²) < 4.78 is 25.5. The zero-order valence-electron chi connectivity index (χ0n) is 28.6. The molecule has 47 heavy (non-hydrogen) atoms. The molecule has 4 rings (SSSR count). The first kappa shape index (κ1) is 35.6. The second-order valence-electron chi connectivity index (χ2n) is 12.9. The molecule has 0 aliphatic carbocycles. The summed E-state index contributed by atoms with van der Waals surface area (Å²) in [5.41, 5.74) is 2.30. The average molecular weight is 648 g/mol. The fraction of sp³-hybridized carbons (Fsp3) is 0.500. The van der Waals surface area contributed by atoms with E-state index in [-0.39, 0.29) is 31.1 Å². The third-order valence-electron chi connectivity index (χ3n) is 7.91. The number of nitrogens with one attached hydrogen (secondary N) is 1. The minimum Gasteiger partial charge on any atom is -0.489 e. The van der Waals surface area contributed by atoms with Crippen LogP contribution in [0.15, 0.2) is 55.6 Å². The lowest BCUT2D eigenvalue weighted by Crippen LogP contribution is -2.45. The first-order chi connectivity index (χ1) is 22.4. The third-order valence-corrected chi connectivity index (χ3v) is 7.91. The first-order valence-electron chi connectivity index (χ1n) is 16.2. The lowest BCUT2D eigenvalue weighted by atomic mass is 9.92. The number of esters is 1. The van der Waals surface area contributed by atoms with Gasteiger partial charge in [0, 0.05) is 30.4 Å². The van der Waals surface area contributed by atoms with E-state index >= 15 is 0 Å². The van der Waals surface area contributed by atoms with Crippen LogP contribution >= 0.6 is 0 Å². The largest absolute Gasteiger partial charge is 0.489 e. The highest BCUT2D eigenvalue weighted by molar-refractivity contribution is 5.80. The van der Waals surface area contributed by atoms with E-state index in [0.717, 1.165) is 18.4 Å². The molecule has 3 heterocycles. The van der Waals surface area contributed by atoms with E-state index in [9.17, 15) is 9.59 Å². The summed E-state index contributed by atoms with van der Waals surface area (Å²) in [5, 5.41) is 7.89. The van der Waals surface area contributed by atoms with Crippen LogP contribution in [-0.4, -0.2) is 70.6 Å². The van der Waals surface area contributed by atoms with Crippen molar-refractivity contribution in [3.8, 4) is 5.75 Å². The number of anilines is 1. The molecule has 1 fully saturated rings. The monoisotopic (exact) mass is 647 g/mol. The zero-order chi connectivity index (χ0) is 34.2. The van der Waals surface area contributed by atoms with Crippen LogP contribution in [0.1, 0.15) is 76.1 Å². The second-order valence-corrected chi connectivity index (χ2v) is 12.9. The summed E-state index contributed by atoms with van der Waals surface area (Å²) >= 11 is 0. The maximum atomic E-state index is 13.5. The van der Waals surface area contributed by atoms with Crippen LogP contribution in [-0.2, 0) is 36.8 Å². The lowest BCUT2D eigenvalue weighted by molar-refractivity contribution is -0.167. The van der Waals surface area contributed by atoms with Crippen molar-refractivity contribution in [1.29, 1.82) is 0 Å². The first-order valence-corrected chi connectivity index (χ1v) is 16.2. The quantitative estimate of drug-likeness (QED) is 0.170. The number of piperidine rings is 1. The third kappa shape index (κ3) is 9.20. The van der Waals surface area contributed by atoms with Gasteiger partial charge in [-0.15, -0.1) is 6.58 Å². The van der Waals surface area contributed by atoms with Gasteiger partial charge in [-0.05, 0) is 60.5 Å². The topological polar surface area (TPSA) is 117 Å². The Labute approximate surface area is 277 Å². The van der Waals surface area contributed by atoms with Crippen LogP contribution in [0.25, 0.3) is 5.65 Å². The van der Waals surface area contributed by atoms with Crippen LogP contribution in [0.3, 0.4) is 0 Å². The van der Waals surface area contributed by atoms with Crippen molar-refractivity contribution in [2.24, 2.45) is 0 Å². The number of hydrogen-bond donors (Lipinski definition) is 1. The van der Waals surface area contributed by atoms with Crippen LogP contribution in [0, 0.1) is 6.92 Å². The van der Waals surface area contributed by atoms with Gasteiger partial charge >= 0.3 is 5.97 Å². The molecule has 254 valence electrons. The van der Waals surface area contributed by atoms with Crippen LogP contribution in [0.2, 0.25) is 0 Å². The molecule has 2 aromatic heterocycles. The van der Waals surface area contributed by atoms with Gasteiger partial charge < -0.3 is 29.2 Å². The minimum absolute atomic E-state index is 0.152. The molecule has 1 N–H and O–H groups in total. The summed E-state index contributed by atoms with van der Waals surface area (Å²) in [6.45, 7) is 21.5. The van der Waals surface area contributed by atoms with Crippen molar-refractivity contribution in [3.05, 3.63) is 78.2 Å². The summed E-state index contributed by atoms with van der Waals surface area (Å²) in [4.78, 5) is 33.6. The van der Waals surface area contributed by atoms with Crippen molar-refractivity contribution in [2.45, 2.75) is 84.7 Å². The van der Waals surface area contributed by atoms with Gasteiger partial charge in [-0.3, -0.25) is 4.79 Å². The number of carbonyl (C=O) groups is 2. The number of nitrogens with zero attached hydrogens (tertiary/aromatic N) is 4. The maximum absolute atomic E-state index is 13.5. The Morgan fingerprint density at radius 1 is 1.13 bits per heavy atom. The second kappa shape index (κ2) is 15.6. The Hall–Kier alpha value is -4.22. The number of para-hydroxylation sites is 1. The minimum atomic E-state index is -1.03. The number of carbonyl (C=O) groups excluding carboxylic acids is 2. The number of fused-ring (bicyclic) bond motifs is 1. The Bertz CT molecular complexity index is 1570. The van der Waals surface area contributed by atoms with E-state index in [2.05, 4.69) is 30.3 Å². The molecule has 1 unspecified atom stereocenters. The maximum Gasteiger partial charge on any atom is 0.340 e. The van der Waals surface area contributed by atoms with Gasteiger partial charge in [-0.2, -0.15) is 9.61 Å². The van der Waals surface area contributed by atoms with E-state index in [0.29, 0.717) is 60.5 Å². The van der Waals surface area contributed by atoms with Crippen LogP contribution in [0.5, 0.6) is 5.75 Å². The van der Waals surface area contributed by atoms with Crippen LogP contribution in [0.4, 0.5) is 5.82 Å². The molecular weight excluding hydrogens is 598 g/mol. The molecule has 11 nitrogen and oxygen atoms in total. The lowest BCUT2D eigenvalue weighted by Gasteiger charge is -2.41. The Kier molecular flexibility index (Phi) is 11.8. The van der Waals surface area contributed by atoms with Crippen LogP contribution < -0.4 is 15.0 Å². The highest BCUT2D eigenvalue weighted by atomic mass is 16.6. The molecule has 3 aromatic rings. The Morgan fingerprint density at radius 3 is 2.49 bits per heavy atom. The number of rotatable bonds is 15. The van der Waals surface area contributed by atoms with Crippen molar-refractivity contribution in [3.63, 3.8) is 0 Å². The van der Waals surface area contributed by atoms with Gasteiger partial charge in [0.2, 0.25) is 5.91 Å². The van der Waals surface area contributed by atoms with E-state index in [1.54, 1.807) is 23.6 Å². The molecule has 1 aromatic carbocycles. The molecule has 1 amide bonds. The number of aryl methyl sites for hydroxylation is 1. The zero-order valence-corrected chi connectivity index (χ0v) is 28.6. The molecular formula is C36H49N5O6. The number of benzene rings is 1.